The molecule has 138 valence electrons. The number of hydrogen-bond acceptors (Lipinski definition) is 3. The largest absolute Gasteiger partial charge is 0.493 e. The van der Waals surface area contributed by atoms with Crippen molar-refractivity contribution >= 4 is 10.9 Å². The molecule has 0 fully saturated rings. The van der Waals surface area contributed by atoms with Crippen molar-refractivity contribution < 1.29 is 22.6 Å². The van der Waals surface area contributed by atoms with Crippen molar-refractivity contribution in [2.75, 3.05) is 13.7 Å². The van der Waals surface area contributed by atoms with Gasteiger partial charge in [0.1, 0.15) is 0 Å². The topological polar surface area (TPSA) is 46.3 Å². The summed E-state index contributed by atoms with van der Waals surface area (Å²) in [6.45, 7) is -0.123. The van der Waals surface area contributed by atoms with Crippen LogP contribution in [-0.2, 0) is 13.1 Å². The van der Waals surface area contributed by atoms with E-state index in [4.69, 9.17) is 9.47 Å². The number of ether oxygens (including phenoxy) is 2. The SMILES string of the molecule is COc1cc(CNCc2cccc3[nH]ccc23)ccc1OCC(F)(F)F. The second kappa shape index (κ2) is 7.70. The van der Waals surface area contributed by atoms with Gasteiger partial charge in [-0.15, -0.1) is 0 Å². The first-order valence-electron chi connectivity index (χ1n) is 8.08. The first-order valence-corrected chi connectivity index (χ1v) is 8.08. The van der Waals surface area contributed by atoms with Crippen LogP contribution in [-0.4, -0.2) is 24.9 Å². The lowest BCUT2D eigenvalue weighted by atomic mass is 10.1. The zero-order chi connectivity index (χ0) is 18.6. The van der Waals surface area contributed by atoms with Crippen LogP contribution in [0.15, 0.2) is 48.7 Å². The highest BCUT2D eigenvalue weighted by Gasteiger charge is 2.29. The van der Waals surface area contributed by atoms with Gasteiger partial charge in [-0.3, -0.25) is 0 Å². The molecule has 26 heavy (non-hydrogen) atoms. The molecule has 0 aliphatic rings. The van der Waals surface area contributed by atoms with Crippen LogP contribution in [0.25, 0.3) is 10.9 Å². The van der Waals surface area contributed by atoms with Crippen LogP contribution in [0, 0.1) is 0 Å². The van der Waals surface area contributed by atoms with E-state index in [0.717, 1.165) is 16.5 Å². The molecule has 2 N–H and O–H groups in total. The third kappa shape index (κ3) is 4.49. The molecular weight excluding hydrogens is 345 g/mol. The van der Waals surface area contributed by atoms with Crippen molar-refractivity contribution in [2.45, 2.75) is 19.3 Å². The van der Waals surface area contributed by atoms with Crippen molar-refractivity contribution in [3.63, 3.8) is 0 Å². The van der Waals surface area contributed by atoms with E-state index in [1.807, 2.05) is 24.4 Å². The molecule has 4 nitrogen and oxygen atoms in total. The number of fused-ring (bicyclic) bond motifs is 1. The Morgan fingerprint density at radius 2 is 1.88 bits per heavy atom. The van der Waals surface area contributed by atoms with E-state index in [1.54, 1.807) is 12.1 Å². The van der Waals surface area contributed by atoms with E-state index in [1.165, 1.54) is 18.7 Å². The molecular formula is C19H19F3N2O2. The Labute approximate surface area is 148 Å². The average molecular weight is 364 g/mol. The van der Waals surface area contributed by atoms with Crippen molar-refractivity contribution in [1.82, 2.24) is 10.3 Å². The monoisotopic (exact) mass is 364 g/mol. The molecule has 3 aromatic rings. The van der Waals surface area contributed by atoms with Gasteiger partial charge in [0.15, 0.2) is 18.1 Å². The van der Waals surface area contributed by atoms with Gasteiger partial charge < -0.3 is 19.8 Å². The average Bonchev–Trinajstić information content (AvgIpc) is 3.09. The van der Waals surface area contributed by atoms with Crippen molar-refractivity contribution in [2.24, 2.45) is 0 Å². The van der Waals surface area contributed by atoms with E-state index in [2.05, 4.69) is 16.4 Å². The number of aromatic nitrogens is 1. The van der Waals surface area contributed by atoms with Gasteiger partial charge in [-0.25, -0.2) is 0 Å². The molecule has 0 atom stereocenters. The van der Waals surface area contributed by atoms with Gasteiger partial charge >= 0.3 is 6.18 Å². The van der Waals surface area contributed by atoms with Crippen LogP contribution in [0.2, 0.25) is 0 Å². The van der Waals surface area contributed by atoms with E-state index in [-0.39, 0.29) is 11.5 Å². The van der Waals surface area contributed by atoms with Crippen LogP contribution in [0.1, 0.15) is 11.1 Å². The number of methoxy groups -OCH3 is 1. The summed E-state index contributed by atoms with van der Waals surface area (Å²) in [6.07, 6.45) is -2.48. The minimum atomic E-state index is -4.38. The van der Waals surface area contributed by atoms with E-state index < -0.39 is 12.8 Å². The molecule has 0 aliphatic carbocycles. The van der Waals surface area contributed by atoms with Gasteiger partial charge in [-0.1, -0.05) is 18.2 Å². The summed E-state index contributed by atoms with van der Waals surface area (Å²) in [5.41, 5.74) is 3.14. The predicted molar refractivity (Wildman–Crippen MR) is 93.4 cm³/mol. The molecule has 0 radical (unpaired) electrons. The molecule has 0 saturated heterocycles. The molecule has 0 aliphatic heterocycles. The third-order valence-corrected chi connectivity index (χ3v) is 3.95. The highest BCUT2D eigenvalue weighted by atomic mass is 19.4. The summed E-state index contributed by atoms with van der Waals surface area (Å²) in [4.78, 5) is 3.17. The zero-order valence-electron chi connectivity index (χ0n) is 14.2. The smallest absolute Gasteiger partial charge is 0.422 e. The Kier molecular flexibility index (Phi) is 5.37. The first-order chi connectivity index (χ1) is 12.5. The molecule has 2 aromatic carbocycles. The summed E-state index contributed by atoms with van der Waals surface area (Å²) < 4.78 is 46.8. The Bertz CT molecular complexity index is 875. The van der Waals surface area contributed by atoms with Gasteiger partial charge in [0.05, 0.1) is 7.11 Å². The minimum Gasteiger partial charge on any atom is -0.493 e. The Balaban J connectivity index is 1.62. The molecule has 0 bridgehead atoms. The van der Waals surface area contributed by atoms with E-state index in [9.17, 15) is 13.2 Å². The van der Waals surface area contributed by atoms with E-state index in [0.29, 0.717) is 13.1 Å². The third-order valence-electron chi connectivity index (χ3n) is 3.95. The number of benzene rings is 2. The van der Waals surface area contributed by atoms with Crippen molar-refractivity contribution in [3.8, 4) is 11.5 Å². The second-order valence-corrected chi connectivity index (χ2v) is 5.85. The summed E-state index contributed by atoms with van der Waals surface area (Å²) in [5.74, 6) is 0.354. The minimum absolute atomic E-state index is 0.0747. The number of nitrogens with one attached hydrogen (secondary N) is 2. The number of rotatable bonds is 7. The predicted octanol–water partition coefficient (Wildman–Crippen LogP) is 4.41. The van der Waals surface area contributed by atoms with Gasteiger partial charge in [0, 0.05) is 30.2 Å². The molecule has 0 unspecified atom stereocenters. The van der Waals surface area contributed by atoms with Crippen molar-refractivity contribution in [1.29, 1.82) is 0 Å². The van der Waals surface area contributed by atoms with Gasteiger partial charge in [-0.05, 0) is 35.4 Å². The maximum Gasteiger partial charge on any atom is 0.422 e. The Hall–Kier alpha value is -2.67. The molecule has 1 heterocycles. The van der Waals surface area contributed by atoms with Crippen LogP contribution in [0.4, 0.5) is 13.2 Å². The quantitative estimate of drug-likeness (QED) is 0.653. The standard InChI is InChI=1S/C19H19F3N2O2/c1-25-18-9-13(5-6-17(18)26-12-19(20,21)22)10-23-11-14-3-2-4-16-15(14)7-8-24-16/h2-9,23-24H,10-12H2,1H3. The van der Waals surface area contributed by atoms with Crippen molar-refractivity contribution in [3.05, 3.63) is 59.8 Å². The van der Waals surface area contributed by atoms with Crippen LogP contribution >= 0.6 is 0 Å². The molecule has 7 heteroatoms. The highest BCUT2D eigenvalue weighted by Crippen LogP contribution is 2.29. The Morgan fingerprint density at radius 1 is 1.04 bits per heavy atom. The number of hydrogen-bond donors (Lipinski definition) is 2. The lowest BCUT2D eigenvalue weighted by molar-refractivity contribution is -0.153. The fraction of sp³-hybridized carbons (Fsp3) is 0.263. The van der Waals surface area contributed by atoms with Gasteiger partial charge in [-0.2, -0.15) is 13.2 Å². The molecule has 0 saturated carbocycles. The number of alkyl halides is 3. The van der Waals surface area contributed by atoms with Crippen LogP contribution in [0.3, 0.4) is 0 Å². The zero-order valence-corrected chi connectivity index (χ0v) is 14.2. The highest BCUT2D eigenvalue weighted by molar-refractivity contribution is 5.82. The summed E-state index contributed by atoms with van der Waals surface area (Å²) in [5, 5.41) is 4.50. The number of halogens is 3. The lowest BCUT2D eigenvalue weighted by Gasteiger charge is -2.14. The molecule has 0 spiro atoms. The number of H-pyrrole nitrogens is 1. The molecule has 3 rings (SSSR count). The van der Waals surface area contributed by atoms with Gasteiger partial charge in [0.25, 0.3) is 0 Å². The molecule has 1 aromatic heterocycles. The lowest BCUT2D eigenvalue weighted by Crippen LogP contribution is -2.19. The molecule has 0 amide bonds. The fourth-order valence-corrected chi connectivity index (χ4v) is 2.75. The number of aromatic amines is 1. The van der Waals surface area contributed by atoms with Crippen LogP contribution < -0.4 is 14.8 Å². The fourth-order valence-electron chi connectivity index (χ4n) is 2.75. The van der Waals surface area contributed by atoms with E-state index >= 15 is 0 Å². The first kappa shape index (κ1) is 18.1. The maximum atomic E-state index is 12.3. The van der Waals surface area contributed by atoms with Gasteiger partial charge in [0.2, 0.25) is 0 Å². The maximum absolute atomic E-state index is 12.3. The summed E-state index contributed by atoms with van der Waals surface area (Å²) >= 11 is 0. The summed E-state index contributed by atoms with van der Waals surface area (Å²) in [7, 11) is 1.40. The normalized spacial score (nSPS) is 11.7. The van der Waals surface area contributed by atoms with Crippen LogP contribution in [0.5, 0.6) is 11.5 Å². The summed E-state index contributed by atoms with van der Waals surface area (Å²) in [6, 6.07) is 13.0. The second-order valence-electron chi connectivity index (χ2n) is 5.85. The Morgan fingerprint density at radius 3 is 2.65 bits per heavy atom.